The summed E-state index contributed by atoms with van der Waals surface area (Å²) in [5.74, 6) is 0. The van der Waals surface area contributed by atoms with Crippen LogP contribution in [-0.4, -0.2) is 14.7 Å². The summed E-state index contributed by atoms with van der Waals surface area (Å²) < 4.78 is 41.5. The zero-order valence-corrected chi connectivity index (χ0v) is 8.35. The molecule has 2 nitrogen and oxygen atoms in total. The predicted molar refractivity (Wildman–Crippen MR) is 52.6 cm³/mol. The van der Waals surface area contributed by atoms with E-state index in [0.29, 0.717) is 11.3 Å². The van der Waals surface area contributed by atoms with Gasteiger partial charge < -0.3 is 9.88 Å². The molecule has 6 heteroatoms. The van der Waals surface area contributed by atoms with E-state index in [1.807, 2.05) is 0 Å². The van der Waals surface area contributed by atoms with E-state index in [1.54, 1.807) is 6.92 Å². The first kappa shape index (κ1) is 11.9. The van der Waals surface area contributed by atoms with Crippen molar-refractivity contribution < 1.29 is 17.8 Å². The summed E-state index contributed by atoms with van der Waals surface area (Å²) in [4.78, 5) is 0. The lowest BCUT2D eigenvalue weighted by Gasteiger charge is -2.11. The molecular formula is C9H10BF3NO. The number of rotatable bonds is 3. The van der Waals surface area contributed by atoms with E-state index in [-0.39, 0.29) is 0 Å². The van der Waals surface area contributed by atoms with Gasteiger partial charge in [0.2, 0.25) is 0 Å². The van der Waals surface area contributed by atoms with Gasteiger partial charge in [-0.2, -0.15) is 13.2 Å². The molecule has 0 amide bonds. The van der Waals surface area contributed by atoms with Gasteiger partial charge in [-0.15, -0.1) is 0 Å². The highest BCUT2D eigenvalue weighted by Gasteiger charge is 2.30. The van der Waals surface area contributed by atoms with Crippen LogP contribution in [0.4, 0.5) is 18.9 Å². The van der Waals surface area contributed by atoms with Crippen molar-refractivity contribution in [2.75, 3.05) is 12.3 Å². The maximum absolute atomic E-state index is 12.3. The van der Waals surface area contributed by atoms with Gasteiger partial charge in [-0.25, -0.2) is 0 Å². The molecule has 0 unspecified atom stereocenters. The number of halogens is 3. The van der Waals surface area contributed by atoms with Gasteiger partial charge in [0.1, 0.15) is 0 Å². The summed E-state index contributed by atoms with van der Waals surface area (Å²) in [7, 11) is 2.75. The second kappa shape index (κ2) is 4.57. The molecule has 1 radical (unpaired) electrons. The lowest BCUT2D eigenvalue weighted by atomic mass is 10.1. The molecule has 0 spiro atoms. The number of aryl methyl sites for hydroxylation is 1. The Labute approximate surface area is 86.7 Å². The fraction of sp³-hybridized carbons (Fsp3) is 0.333. The molecule has 1 N–H and O–H groups in total. The highest BCUT2D eigenvalue weighted by Crippen LogP contribution is 2.31. The highest BCUT2D eigenvalue weighted by atomic mass is 19.4. The van der Waals surface area contributed by atoms with Crippen molar-refractivity contribution in [2.24, 2.45) is 0 Å². The molecule has 0 saturated carbocycles. The minimum absolute atomic E-state index is 0.512. The van der Waals surface area contributed by atoms with Crippen LogP contribution in [0.1, 0.15) is 11.1 Å². The summed E-state index contributed by atoms with van der Waals surface area (Å²) in [6.45, 7) is 1.60. The van der Waals surface area contributed by atoms with E-state index in [2.05, 4.69) is 9.88 Å². The minimum atomic E-state index is -4.30. The van der Waals surface area contributed by atoms with Gasteiger partial charge in [-0.05, 0) is 30.7 Å². The molecule has 81 valence electrons. The molecule has 15 heavy (non-hydrogen) atoms. The van der Waals surface area contributed by atoms with Crippen molar-refractivity contribution in [1.82, 2.24) is 0 Å². The van der Waals surface area contributed by atoms with Gasteiger partial charge in [0.25, 0.3) is 0 Å². The van der Waals surface area contributed by atoms with Crippen LogP contribution < -0.4 is 5.23 Å². The largest absolute Gasteiger partial charge is 0.435 e. The van der Waals surface area contributed by atoms with Gasteiger partial charge in [0.15, 0.2) is 0 Å². The first-order chi connectivity index (χ1) is 6.95. The SMILES string of the molecule is CO[B]Nc1ccc(C(F)(F)F)cc1C. The van der Waals surface area contributed by atoms with Crippen molar-refractivity contribution in [2.45, 2.75) is 13.1 Å². The number of anilines is 1. The third-order valence-corrected chi connectivity index (χ3v) is 1.89. The summed E-state index contributed by atoms with van der Waals surface area (Å²) >= 11 is 0. The van der Waals surface area contributed by atoms with Crippen molar-refractivity contribution >= 4 is 13.3 Å². The highest BCUT2D eigenvalue weighted by molar-refractivity contribution is 6.32. The monoisotopic (exact) mass is 216 g/mol. The van der Waals surface area contributed by atoms with Crippen molar-refractivity contribution in [3.63, 3.8) is 0 Å². The molecular weight excluding hydrogens is 206 g/mol. The average Bonchev–Trinajstić information content (AvgIpc) is 2.14. The number of nitrogens with one attached hydrogen (secondary N) is 1. The van der Waals surface area contributed by atoms with E-state index in [0.717, 1.165) is 12.1 Å². The molecule has 0 saturated heterocycles. The van der Waals surface area contributed by atoms with Gasteiger partial charge >= 0.3 is 13.8 Å². The van der Waals surface area contributed by atoms with Crippen LogP contribution in [0.25, 0.3) is 0 Å². The molecule has 0 aromatic heterocycles. The Kier molecular flexibility index (Phi) is 3.63. The van der Waals surface area contributed by atoms with Crippen LogP contribution >= 0.6 is 0 Å². The van der Waals surface area contributed by atoms with E-state index in [1.165, 1.54) is 20.8 Å². The van der Waals surface area contributed by atoms with Crippen molar-refractivity contribution in [3.05, 3.63) is 29.3 Å². The Bertz CT molecular complexity index is 341. The van der Waals surface area contributed by atoms with E-state index in [4.69, 9.17) is 0 Å². The van der Waals surface area contributed by atoms with E-state index >= 15 is 0 Å². The van der Waals surface area contributed by atoms with Crippen LogP contribution in [0, 0.1) is 6.92 Å². The van der Waals surface area contributed by atoms with Crippen molar-refractivity contribution in [3.8, 4) is 0 Å². The number of hydrogen-bond acceptors (Lipinski definition) is 2. The lowest BCUT2D eigenvalue weighted by molar-refractivity contribution is -0.137. The third-order valence-electron chi connectivity index (χ3n) is 1.89. The molecule has 0 atom stereocenters. The predicted octanol–water partition coefficient (Wildman–Crippen LogP) is 2.61. The van der Waals surface area contributed by atoms with Gasteiger partial charge in [-0.3, -0.25) is 0 Å². The lowest BCUT2D eigenvalue weighted by Crippen LogP contribution is -2.11. The first-order valence-corrected chi connectivity index (χ1v) is 4.24. The van der Waals surface area contributed by atoms with Gasteiger partial charge in [0, 0.05) is 12.8 Å². The number of hydrogen-bond donors (Lipinski definition) is 1. The van der Waals surface area contributed by atoms with E-state index < -0.39 is 11.7 Å². The molecule has 1 rings (SSSR count). The van der Waals surface area contributed by atoms with Crippen molar-refractivity contribution in [1.29, 1.82) is 0 Å². The Hall–Kier alpha value is -1.17. The van der Waals surface area contributed by atoms with E-state index in [9.17, 15) is 13.2 Å². The maximum Gasteiger partial charge on any atom is 0.435 e. The first-order valence-electron chi connectivity index (χ1n) is 4.24. The molecule has 1 aromatic rings. The molecule has 0 heterocycles. The van der Waals surface area contributed by atoms with Crippen LogP contribution in [0.15, 0.2) is 18.2 Å². The summed E-state index contributed by atoms with van der Waals surface area (Å²) in [5, 5.41) is 2.73. The standard InChI is InChI=1S/C9H10BF3NO/c1-6-5-7(9(11,12)13)3-4-8(6)14-10-15-2/h3-5,14H,1-2H3. The Morgan fingerprint density at radius 2 is 2.00 bits per heavy atom. The summed E-state index contributed by atoms with van der Waals surface area (Å²) in [5.41, 5.74) is 0.450. The molecule has 0 bridgehead atoms. The average molecular weight is 216 g/mol. The third kappa shape index (κ3) is 3.16. The topological polar surface area (TPSA) is 21.3 Å². The zero-order chi connectivity index (χ0) is 11.5. The molecule has 0 aliphatic carbocycles. The maximum atomic E-state index is 12.3. The van der Waals surface area contributed by atoms with Gasteiger partial charge in [-0.1, -0.05) is 0 Å². The number of alkyl halides is 3. The Balaban J connectivity index is 2.88. The summed E-state index contributed by atoms with van der Waals surface area (Å²) in [6.07, 6.45) is -4.30. The minimum Gasteiger partial charge on any atom is -0.422 e. The fourth-order valence-corrected chi connectivity index (χ4v) is 1.12. The fourth-order valence-electron chi connectivity index (χ4n) is 1.12. The second-order valence-electron chi connectivity index (χ2n) is 3.03. The van der Waals surface area contributed by atoms with Crippen LogP contribution in [0.5, 0.6) is 0 Å². The van der Waals surface area contributed by atoms with Crippen LogP contribution in [0.2, 0.25) is 0 Å². The smallest absolute Gasteiger partial charge is 0.422 e. The Morgan fingerprint density at radius 3 is 2.47 bits per heavy atom. The quantitative estimate of drug-likeness (QED) is 0.784. The van der Waals surface area contributed by atoms with Crippen LogP contribution in [-0.2, 0) is 10.8 Å². The Morgan fingerprint density at radius 1 is 1.33 bits per heavy atom. The summed E-state index contributed by atoms with van der Waals surface area (Å²) in [6, 6.07) is 3.48. The van der Waals surface area contributed by atoms with Crippen LogP contribution in [0.3, 0.4) is 0 Å². The number of benzene rings is 1. The molecule has 1 aromatic carbocycles. The zero-order valence-electron chi connectivity index (χ0n) is 8.35. The van der Waals surface area contributed by atoms with Gasteiger partial charge in [0.05, 0.1) is 5.56 Å². The molecule has 0 aliphatic rings. The molecule has 0 fully saturated rings. The second-order valence-corrected chi connectivity index (χ2v) is 3.03. The normalized spacial score (nSPS) is 11.3. The molecule has 0 aliphatic heterocycles.